The van der Waals surface area contributed by atoms with Crippen LogP contribution in [0.25, 0.3) is 10.3 Å². The third-order valence-electron chi connectivity index (χ3n) is 6.04. The van der Waals surface area contributed by atoms with E-state index in [0.717, 1.165) is 49.8 Å². The summed E-state index contributed by atoms with van der Waals surface area (Å²) in [5, 5.41) is 4.57. The lowest BCUT2D eigenvalue weighted by atomic mass is 10.00. The molecule has 1 aliphatic carbocycles. The van der Waals surface area contributed by atoms with Crippen LogP contribution in [0.2, 0.25) is 0 Å². The summed E-state index contributed by atoms with van der Waals surface area (Å²) in [4.78, 5) is 37.3. The molecule has 0 bridgehead atoms. The summed E-state index contributed by atoms with van der Waals surface area (Å²) in [5.74, 6) is 1.02. The molecule has 1 saturated heterocycles. The number of carbonyl (C=O) groups excluding carboxylic acids is 1. The Balaban J connectivity index is 1.56. The Morgan fingerprint density at radius 3 is 2.57 bits per heavy atom. The Kier molecular flexibility index (Phi) is 6.67. The van der Waals surface area contributed by atoms with Crippen molar-refractivity contribution in [3.05, 3.63) is 10.4 Å². The Bertz CT molecular complexity index is 956. The number of nitrogens with one attached hydrogen (secondary N) is 1. The molecule has 0 atom stereocenters. The molecule has 0 unspecified atom stereocenters. The highest BCUT2D eigenvalue weighted by Crippen LogP contribution is 2.31. The SMILES string of the molecule is CC1CCN(c2nc3nc(SCC(=O)NC4CCCC4)n(C(C)C)c(=O)c3s2)CC1. The third kappa shape index (κ3) is 4.66. The van der Waals surface area contributed by atoms with Crippen LogP contribution in [-0.2, 0) is 4.79 Å². The van der Waals surface area contributed by atoms with E-state index in [-0.39, 0.29) is 23.3 Å². The summed E-state index contributed by atoms with van der Waals surface area (Å²) in [6.07, 6.45) is 6.80. The molecule has 0 radical (unpaired) electrons. The van der Waals surface area contributed by atoms with Gasteiger partial charge in [-0.25, -0.2) is 4.98 Å². The van der Waals surface area contributed by atoms with E-state index in [9.17, 15) is 9.59 Å². The van der Waals surface area contributed by atoms with Gasteiger partial charge >= 0.3 is 0 Å². The van der Waals surface area contributed by atoms with Crippen LogP contribution in [0.3, 0.4) is 0 Å². The molecule has 30 heavy (non-hydrogen) atoms. The molecule has 2 aromatic rings. The second-order valence-electron chi connectivity index (χ2n) is 8.82. The number of thioether (sulfide) groups is 1. The van der Waals surface area contributed by atoms with Crippen LogP contribution in [0.5, 0.6) is 0 Å². The maximum Gasteiger partial charge on any atom is 0.274 e. The van der Waals surface area contributed by atoms with Crippen molar-refractivity contribution in [1.29, 1.82) is 0 Å². The maximum atomic E-state index is 13.2. The Hall–Kier alpha value is -1.61. The fourth-order valence-electron chi connectivity index (χ4n) is 4.22. The van der Waals surface area contributed by atoms with Gasteiger partial charge in [-0.05, 0) is 45.4 Å². The lowest BCUT2D eigenvalue weighted by Gasteiger charge is -2.29. The summed E-state index contributed by atoms with van der Waals surface area (Å²) in [6.45, 7) is 8.19. The van der Waals surface area contributed by atoms with Crippen molar-refractivity contribution in [2.75, 3.05) is 23.7 Å². The normalized spacial score (nSPS) is 18.6. The first kappa shape index (κ1) is 21.6. The molecule has 164 valence electrons. The number of nitrogens with zero attached hydrogens (tertiary/aromatic N) is 4. The number of hydrogen-bond acceptors (Lipinski definition) is 7. The third-order valence-corrected chi connectivity index (χ3v) is 8.09. The minimum atomic E-state index is -0.0529. The number of amides is 1. The first-order valence-corrected chi connectivity index (χ1v) is 12.8. The van der Waals surface area contributed by atoms with Crippen LogP contribution in [0, 0.1) is 5.92 Å². The quantitative estimate of drug-likeness (QED) is 0.533. The van der Waals surface area contributed by atoms with Crippen molar-refractivity contribution in [3.63, 3.8) is 0 Å². The highest BCUT2D eigenvalue weighted by atomic mass is 32.2. The topological polar surface area (TPSA) is 80.1 Å². The number of hydrogen-bond donors (Lipinski definition) is 1. The predicted octanol–water partition coefficient (Wildman–Crippen LogP) is 3.82. The molecule has 1 saturated carbocycles. The fourth-order valence-corrected chi connectivity index (χ4v) is 6.14. The number of fused-ring (bicyclic) bond motifs is 1. The van der Waals surface area contributed by atoms with Crippen LogP contribution >= 0.6 is 23.1 Å². The molecule has 2 aliphatic rings. The van der Waals surface area contributed by atoms with Gasteiger partial charge in [0.15, 0.2) is 15.9 Å². The molecule has 0 spiro atoms. The van der Waals surface area contributed by atoms with E-state index < -0.39 is 0 Å². The van der Waals surface area contributed by atoms with Crippen molar-refractivity contribution in [1.82, 2.24) is 19.9 Å². The average Bonchev–Trinajstić information content (AvgIpc) is 3.36. The van der Waals surface area contributed by atoms with Crippen molar-refractivity contribution in [2.24, 2.45) is 5.92 Å². The van der Waals surface area contributed by atoms with Crippen molar-refractivity contribution >= 4 is 44.5 Å². The minimum absolute atomic E-state index is 0.0120. The Labute approximate surface area is 185 Å². The van der Waals surface area contributed by atoms with Crippen LogP contribution in [0.15, 0.2) is 9.95 Å². The molecule has 4 rings (SSSR count). The van der Waals surface area contributed by atoms with Gasteiger partial charge in [0.25, 0.3) is 5.56 Å². The monoisotopic (exact) mass is 449 g/mol. The molecule has 9 heteroatoms. The molecule has 7 nitrogen and oxygen atoms in total. The van der Waals surface area contributed by atoms with Gasteiger partial charge in [0.05, 0.1) is 5.75 Å². The second-order valence-corrected chi connectivity index (χ2v) is 10.7. The maximum absolute atomic E-state index is 13.2. The number of thiazole rings is 1. The van der Waals surface area contributed by atoms with Gasteiger partial charge in [-0.2, -0.15) is 4.98 Å². The molecule has 1 aliphatic heterocycles. The van der Waals surface area contributed by atoms with Crippen molar-refractivity contribution in [2.45, 2.75) is 76.5 Å². The van der Waals surface area contributed by atoms with Gasteiger partial charge in [0, 0.05) is 25.2 Å². The van der Waals surface area contributed by atoms with E-state index in [1.165, 1.54) is 35.9 Å². The average molecular weight is 450 g/mol. The number of piperidine rings is 1. The number of carbonyl (C=O) groups is 1. The van der Waals surface area contributed by atoms with Crippen LogP contribution in [-0.4, -0.2) is 45.3 Å². The number of anilines is 1. The molecule has 1 amide bonds. The number of aromatic nitrogens is 3. The zero-order valence-electron chi connectivity index (χ0n) is 18.0. The van der Waals surface area contributed by atoms with Gasteiger partial charge in [-0.3, -0.25) is 14.2 Å². The Morgan fingerprint density at radius 2 is 1.90 bits per heavy atom. The summed E-state index contributed by atoms with van der Waals surface area (Å²) in [7, 11) is 0. The summed E-state index contributed by atoms with van der Waals surface area (Å²) < 4.78 is 2.31. The zero-order valence-corrected chi connectivity index (χ0v) is 19.7. The summed E-state index contributed by atoms with van der Waals surface area (Å²) in [5.41, 5.74) is 0.456. The highest BCUT2D eigenvalue weighted by Gasteiger charge is 2.23. The van der Waals surface area contributed by atoms with Crippen molar-refractivity contribution in [3.8, 4) is 0 Å². The van der Waals surface area contributed by atoms with E-state index >= 15 is 0 Å². The van der Waals surface area contributed by atoms with E-state index in [2.05, 4.69) is 17.1 Å². The molecule has 3 heterocycles. The van der Waals surface area contributed by atoms with Gasteiger partial charge < -0.3 is 10.2 Å². The zero-order chi connectivity index (χ0) is 21.3. The fraction of sp³-hybridized carbons (Fsp3) is 0.714. The van der Waals surface area contributed by atoms with E-state index in [1.807, 2.05) is 13.8 Å². The molecular formula is C21H31N5O2S2. The van der Waals surface area contributed by atoms with Crippen LogP contribution < -0.4 is 15.8 Å². The van der Waals surface area contributed by atoms with Gasteiger partial charge in [0.2, 0.25) is 5.91 Å². The van der Waals surface area contributed by atoms with E-state index in [0.29, 0.717) is 21.5 Å². The minimum Gasteiger partial charge on any atom is -0.353 e. The first-order valence-electron chi connectivity index (χ1n) is 11.0. The van der Waals surface area contributed by atoms with Gasteiger partial charge in [-0.1, -0.05) is 42.9 Å². The molecule has 2 fully saturated rings. The lowest BCUT2D eigenvalue weighted by molar-refractivity contribution is -0.119. The second kappa shape index (κ2) is 9.26. The standard InChI is InChI=1S/C21H31N5O2S2/c1-13(2)26-19(28)17-18(23-20(30-17)25-10-8-14(3)9-11-25)24-21(26)29-12-16(27)22-15-6-4-5-7-15/h13-15H,4-12H2,1-3H3,(H,22,27). The van der Waals surface area contributed by atoms with Crippen molar-refractivity contribution < 1.29 is 4.79 Å². The van der Waals surface area contributed by atoms with Crippen LogP contribution in [0.1, 0.15) is 65.3 Å². The largest absolute Gasteiger partial charge is 0.353 e. The summed E-state index contributed by atoms with van der Waals surface area (Å²) >= 11 is 2.78. The molecule has 1 N–H and O–H groups in total. The smallest absolute Gasteiger partial charge is 0.274 e. The number of rotatable bonds is 6. The van der Waals surface area contributed by atoms with Gasteiger partial charge in [-0.15, -0.1) is 0 Å². The first-order chi connectivity index (χ1) is 14.4. The Morgan fingerprint density at radius 1 is 1.20 bits per heavy atom. The molecule has 2 aromatic heterocycles. The van der Waals surface area contributed by atoms with Gasteiger partial charge in [0.1, 0.15) is 4.70 Å². The molecule has 0 aromatic carbocycles. The highest BCUT2D eigenvalue weighted by molar-refractivity contribution is 7.99. The predicted molar refractivity (Wildman–Crippen MR) is 124 cm³/mol. The van der Waals surface area contributed by atoms with E-state index in [1.54, 1.807) is 4.57 Å². The van der Waals surface area contributed by atoms with Crippen LogP contribution in [0.4, 0.5) is 5.13 Å². The van der Waals surface area contributed by atoms with E-state index in [4.69, 9.17) is 9.97 Å². The lowest BCUT2D eigenvalue weighted by Crippen LogP contribution is -2.34. The summed E-state index contributed by atoms with van der Waals surface area (Å²) in [6, 6.07) is 0.269. The molecular weight excluding hydrogens is 418 g/mol.